The molecule has 2 aromatic carbocycles. The number of carboxylic acids is 1. The van der Waals surface area contributed by atoms with E-state index >= 15 is 0 Å². The lowest BCUT2D eigenvalue weighted by Crippen LogP contribution is -1.99. The van der Waals surface area contributed by atoms with Crippen LogP contribution in [0.15, 0.2) is 54.7 Å². The number of fused-ring (bicyclic) bond motifs is 1. The van der Waals surface area contributed by atoms with Crippen molar-refractivity contribution in [2.45, 2.75) is 6.54 Å². The van der Waals surface area contributed by atoms with Gasteiger partial charge in [0.05, 0.1) is 25.4 Å². The molecule has 0 spiro atoms. The molecule has 0 fully saturated rings. The van der Waals surface area contributed by atoms with Gasteiger partial charge < -0.3 is 9.84 Å². The predicted octanol–water partition coefficient (Wildman–Crippen LogP) is 3.90. The number of hydrogen-bond donors (Lipinski definition) is 1. The zero-order valence-corrected chi connectivity index (χ0v) is 15.6. The molecular formula is C20H15ClN4O3. The largest absolute Gasteiger partial charge is 0.497 e. The number of aromatic nitrogens is 4. The molecule has 28 heavy (non-hydrogen) atoms. The highest BCUT2D eigenvalue weighted by molar-refractivity contribution is 6.33. The number of aromatic carboxylic acids is 1. The summed E-state index contributed by atoms with van der Waals surface area (Å²) in [6.07, 6.45) is 1.79. The van der Waals surface area contributed by atoms with Crippen molar-refractivity contribution in [1.29, 1.82) is 0 Å². The first-order chi connectivity index (χ1) is 13.5. The molecule has 0 aliphatic rings. The summed E-state index contributed by atoms with van der Waals surface area (Å²) in [7, 11) is 1.62. The number of carbonyl (C=O) groups is 1. The van der Waals surface area contributed by atoms with Crippen molar-refractivity contribution in [3.05, 3.63) is 71.0 Å². The fourth-order valence-electron chi connectivity index (χ4n) is 2.84. The Kier molecular flexibility index (Phi) is 4.67. The molecule has 8 heteroatoms. The normalized spacial score (nSPS) is 10.9. The summed E-state index contributed by atoms with van der Waals surface area (Å²) in [5.41, 5.74) is 2.86. The van der Waals surface area contributed by atoms with Crippen molar-refractivity contribution in [3.63, 3.8) is 0 Å². The molecule has 0 amide bonds. The molecule has 4 aromatic rings. The Morgan fingerprint density at radius 1 is 1.18 bits per heavy atom. The summed E-state index contributed by atoms with van der Waals surface area (Å²) in [4.78, 5) is 20.0. The maximum atomic E-state index is 11.2. The fraction of sp³-hybridized carbons (Fsp3) is 0.100. The van der Waals surface area contributed by atoms with E-state index < -0.39 is 5.97 Å². The average Bonchev–Trinajstić information content (AvgIpc) is 3.11. The molecule has 2 heterocycles. The van der Waals surface area contributed by atoms with E-state index in [0.29, 0.717) is 29.0 Å². The van der Waals surface area contributed by atoms with Gasteiger partial charge >= 0.3 is 5.97 Å². The summed E-state index contributed by atoms with van der Waals surface area (Å²) >= 11 is 6.31. The van der Waals surface area contributed by atoms with E-state index in [1.807, 2.05) is 24.3 Å². The van der Waals surface area contributed by atoms with E-state index in [2.05, 4.69) is 15.1 Å². The number of methoxy groups -OCH3 is 1. The SMILES string of the molecule is COc1ccc(Cn2cc3nc(-c4cccc(C(=O)O)c4)nc(Cl)c3n2)cc1. The minimum Gasteiger partial charge on any atom is -0.497 e. The molecule has 0 atom stereocenters. The topological polar surface area (TPSA) is 90.1 Å². The second-order valence-corrected chi connectivity index (χ2v) is 6.49. The Morgan fingerprint density at radius 2 is 1.96 bits per heavy atom. The maximum absolute atomic E-state index is 11.2. The van der Waals surface area contributed by atoms with Crippen LogP contribution >= 0.6 is 11.6 Å². The van der Waals surface area contributed by atoms with Crippen molar-refractivity contribution in [2.75, 3.05) is 7.11 Å². The van der Waals surface area contributed by atoms with E-state index in [0.717, 1.165) is 11.3 Å². The highest BCUT2D eigenvalue weighted by atomic mass is 35.5. The Bertz CT molecular complexity index is 1170. The van der Waals surface area contributed by atoms with Crippen LogP contribution in [0.4, 0.5) is 0 Å². The number of halogens is 1. The van der Waals surface area contributed by atoms with Gasteiger partial charge in [-0.05, 0) is 29.8 Å². The molecule has 0 aliphatic carbocycles. The van der Waals surface area contributed by atoms with Crippen molar-refractivity contribution < 1.29 is 14.6 Å². The zero-order valence-electron chi connectivity index (χ0n) is 14.8. The molecule has 4 rings (SSSR count). The third-order valence-electron chi connectivity index (χ3n) is 4.24. The lowest BCUT2D eigenvalue weighted by Gasteiger charge is -2.03. The first-order valence-electron chi connectivity index (χ1n) is 8.41. The van der Waals surface area contributed by atoms with E-state index in [9.17, 15) is 9.90 Å². The van der Waals surface area contributed by atoms with Gasteiger partial charge in [-0.15, -0.1) is 0 Å². The molecular weight excluding hydrogens is 380 g/mol. The number of carboxylic acid groups (broad SMARTS) is 1. The van der Waals surface area contributed by atoms with Gasteiger partial charge in [-0.25, -0.2) is 14.8 Å². The Hall–Kier alpha value is -3.45. The summed E-state index contributed by atoms with van der Waals surface area (Å²) in [6.45, 7) is 0.542. The van der Waals surface area contributed by atoms with Crippen molar-refractivity contribution in [1.82, 2.24) is 19.7 Å². The van der Waals surface area contributed by atoms with Crippen LogP contribution in [-0.2, 0) is 6.54 Å². The molecule has 2 aromatic heterocycles. The predicted molar refractivity (Wildman–Crippen MR) is 105 cm³/mol. The highest BCUT2D eigenvalue weighted by Gasteiger charge is 2.13. The quantitative estimate of drug-likeness (QED) is 0.516. The maximum Gasteiger partial charge on any atom is 0.335 e. The van der Waals surface area contributed by atoms with Crippen LogP contribution in [0.3, 0.4) is 0 Å². The van der Waals surface area contributed by atoms with Gasteiger partial charge in [0.25, 0.3) is 0 Å². The van der Waals surface area contributed by atoms with Crippen molar-refractivity contribution in [2.24, 2.45) is 0 Å². The Labute approximate surface area is 165 Å². The smallest absolute Gasteiger partial charge is 0.335 e. The monoisotopic (exact) mass is 394 g/mol. The highest BCUT2D eigenvalue weighted by Crippen LogP contribution is 2.25. The first kappa shape index (κ1) is 17.9. The van der Waals surface area contributed by atoms with E-state index in [-0.39, 0.29) is 10.7 Å². The Morgan fingerprint density at radius 3 is 2.68 bits per heavy atom. The number of hydrogen-bond acceptors (Lipinski definition) is 5. The van der Waals surface area contributed by atoms with Crippen LogP contribution in [0.2, 0.25) is 5.15 Å². The second kappa shape index (κ2) is 7.28. The van der Waals surface area contributed by atoms with Gasteiger partial charge in [-0.3, -0.25) is 4.68 Å². The molecule has 0 unspecified atom stereocenters. The van der Waals surface area contributed by atoms with E-state index in [1.54, 1.807) is 30.1 Å². The molecule has 1 N–H and O–H groups in total. The summed E-state index contributed by atoms with van der Waals surface area (Å²) in [5.74, 6) is 0.127. The molecule has 0 saturated carbocycles. The van der Waals surface area contributed by atoms with E-state index in [4.69, 9.17) is 16.3 Å². The van der Waals surface area contributed by atoms with Crippen LogP contribution in [0, 0.1) is 0 Å². The van der Waals surface area contributed by atoms with Crippen LogP contribution < -0.4 is 4.74 Å². The molecule has 7 nitrogen and oxygen atoms in total. The fourth-order valence-corrected chi connectivity index (χ4v) is 3.06. The van der Waals surface area contributed by atoms with Crippen molar-refractivity contribution >= 4 is 28.6 Å². The molecule has 0 saturated heterocycles. The molecule has 0 bridgehead atoms. The standard InChI is InChI=1S/C20H15ClN4O3/c1-28-15-7-5-12(6-8-15)10-25-11-16-17(24-25)18(21)23-19(22-16)13-3-2-4-14(9-13)20(26)27/h2-9,11H,10H2,1H3,(H,26,27). The lowest BCUT2D eigenvalue weighted by atomic mass is 10.1. The van der Waals surface area contributed by atoms with Gasteiger partial charge in [0, 0.05) is 5.56 Å². The van der Waals surface area contributed by atoms with Gasteiger partial charge in [0.1, 0.15) is 16.8 Å². The van der Waals surface area contributed by atoms with Crippen LogP contribution in [0.5, 0.6) is 5.75 Å². The van der Waals surface area contributed by atoms with E-state index in [1.165, 1.54) is 12.1 Å². The Balaban J connectivity index is 1.69. The van der Waals surface area contributed by atoms with Crippen molar-refractivity contribution in [3.8, 4) is 17.1 Å². The molecule has 0 aliphatic heterocycles. The lowest BCUT2D eigenvalue weighted by molar-refractivity contribution is 0.0697. The van der Waals surface area contributed by atoms with Crippen LogP contribution in [0.1, 0.15) is 15.9 Å². The number of nitrogens with zero attached hydrogens (tertiary/aromatic N) is 4. The minimum absolute atomic E-state index is 0.160. The number of benzene rings is 2. The van der Waals surface area contributed by atoms with Gasteiger partial charge in [0.15, 0.2) is 11.0 Å². The van der Waals surface area contributed by atoms with Crippen LogP contribution in [-0.4, -0.2) is 37.9 Å². The van der Waals surface area contributed by atoms with Gasteiger partial charge in [0.2, 0.25) is 0 Å². The van der Waals surface area contributed by atoms with Gasteiger partial charge in [-0.1, -0.05) is 35.9 Å². The third kappa shape index (κ3) is 3.52. The summed E-state index contributed by atoms with van der Waals surface area (Å²) < 4.78 is 6.91. The molecule has 140 valence electrons. The average molecular weight is 395 g/mol. The summed E-state index contributed by atoms with van der Waals surface area (Å²) in [5, 5.41) is 13.9. The molecule has 0 radical (unpaired) electrons. The number of rotatable bonds is 5. The summed E-state index contributed by atoms with van der Waals surface area (Å²) in [6, 6.07) is 14.1. The number of ether oxygens (including phenoxy) is 1. The zero-order chi connectivity index (χ0) is 19.7. The second-order valence-electron chi connectivity index (χ2n) is 6.13. The van der Waals surface area contributed by atoms with Gasteiger partial charge in [-0.2, -0.15) is 5.10 Å². The van der Waals surface area contributed by atoms with Crippen LogP contribution in [0.25, 0.3) is 22.4 Å². The third-order valence-corrected chi connectivity index (χ3v) is 4.50. The first-order valence-corrected chi connectivity index (χ1v) is 8.78. The minimum atomic E-state index is -1.01.